The number of nitrogens with one attached hydrogen (secondary N) is 3. The topological polar surface area (TPSA) is 70.2 Å². The molecule has 1 saturated carbocycles. The molecule has 3 amide bonds. The number of benzene rings is 1. The minimum absolute atomic E-state index is 0.146. The third-order valence-corrected chi connectivity index (χ3v) is 3.85. The number of hydrogen-bond acceptors (Lipinski definition) is 3. The maximum absolute atomic E-state index is 11.8. The van der Waals surface area contributed by atoms with Gasteiger partial charge in [-0.05, 0) is 31.2 Å². The van der Waals surface area contributed by atoms with Gasteiger partial charge in [-0.2, -0.15) is 0 Å². The largest absolute Gasteiger partial charge is 0.338 e. The van der Waals surface area contributed by atoms with Crippen LogP contribution < -0.4 is 16.0 Å². The first-order chi connectivity index (χ1) is 10.2. The molecule has 0 bridgehead atoms. The van der Waals surface area contributed by atoms with Crippen LogP contribution in [0.5, 0.6) is 0 Å². The zero-order chi connectivity index (χ0) is 15.1. The minimum Gasteiger partial charge on any atom is -0.338 e. The summed E-state index contributed by atoms with van der Waals surface area (Å²) in [6.45, 7) is 2.46. The maximum atomic E-state index is 11.8. The van der Waals surface area contributed by atoms with Crippen molar-refractivity contribution in [3.8, 4) is 0 Å². The van der Waals surface area contributed by atoms with Crippen molar-refractivity contribution in [2.45, 2.75) is 32.2 Å². The van der Waals surface area contributed by atoms with Crippen LogP contribution in [0, 0.1) is 5.92 Å². The van der Waals surface area contributed by atoms with E-state index in [0.717, 1.165) is 0 Å². The lowest BCUT2D eigenvalue weighted by Gasteiger charge is -2.34. The lowest BCUT2D eigenvalue weighted by Crippen LogP contribution is -2.45. The van der Waals surface area contributed by atoms with Crippen molar-refractivity contribution in [2.24, 2.45) is 5.92 Å². The molecule has 0 heterocycles. The number of rotatable bonds is 6. The van der Waals surface area contributed by atoms with E-state index in [9.17, 15) is 9.59 Å². The summed E-state index contributed by atoms with van der Waals surface area (Å²) >= 11 is 0. The molecule has 5 heteroatoms. The van der Waals surface area contributed by atoms with Crippen molar-refractivity contribution >= 4 is 11.9 Å². The van der Waals surface area contributed by atoms with E-state index in [-0.39, 0.29) is 18.5 Å². The molecule has 1 aliphatic carbocycles. The minimum atomic E-state index is -0.441. The Morgan fingerprint density at radius 3 is 2.52 bits per heavy atom. The van der Waals surface area contributed by atoms with Crippen LogP contribution in [0.4, 0.5) is 4.79 Å². The fourth-order valence-corrected chi connectivity index (χ4v) is 2.57. The van der Waals surface area contributed by atoms with E-state index >= 15 is 0 Å². The number of hydrogen-bond donors (Lipinski definition) is 3. The fraction of sp³-hybridized carbons (Fsp3) is 0.500. The molecule has 114 valence electrons. The summed E-state index contributed by atoms with van der Waals surface area (Å²) in [5.41, 5.74) is 1.20. The van der Waals surface area contributed by atoms with Crippen molar-refractivity contribution in [3.05, 3.63) is 35.9 Å². The molecule has 0 saturated heterocycles. The summed E-state index contributed by atoms with van der Waals surface area (Å²) in [4.78, 5) is 23.1. The molecule has 1 aromatic carbocycles. The van der Waals surface area contributed by atoms with E-state index in [1.165, 1.54) is 24.8 Å². The molecule has 0 aliphatic heterocycles. The van der Waals surface area contributed by atoms with Gasteiger partial charge >= 0.3 is 6.03 Å². The lowest BCUT2D eigenvalue weighted by atomic mass is 9.77. The Balaban J connectivity index is 1.88. The molecule has 5 nitrogen and oxygen atoms in total. The van der Waals surface area contributed by atoms with Gasteiger partial charge in [-0.25, -0.2) is 4.79 Å². The summed E-state index contributed by atoms with van der Waals surface area (Å²) in [5, 5.41) is 8.15. The van der Waals surface area contributed by atoms with E-state index in [0.29, 0.717) is 12.5 Å². The van der Waals surface area contributed by atoms with Crippen LogP contribution in [0.2, 0.25) is 0 Å². The van der Waals surface area contributed by atoms with Crippen LogP contribution in [0.25, 0.3) is 0 Å². The highest BCUT2D eigenvalue weighted by molar-refractivity contribution is 5.95. The van der Waals surface area contributed by atoms with Crippen molar-refractivity contribution in [3.63, 3.8) is 0 Å². The van der Waals surface area contributed by atoms with Gasteiger partial charge in [0.2, 0.25) is 5.91 Å². The van der Waals surface area contributed by atoms with Gasteiger partial charge in [0.1, 0.15) is 0 Å². The van der Waals surface area contributed by atoms with Crippen LogP contribution >= 0.6 is 0 Å². The second-order valence-corrected chi connectivity index (χ2v) is 5.37. The highest BCUT2D eigenvalue weighted by Crippen LogP contribution is 2.37. The van der Waals surface area contributed by atoms with E-state index in [2.05, 4.69) is 28.1 Å². The van der Waals surface area contributed by atoms with Crippen LogP contribution in [0.3, 0.4) is 0 Å². The monoisotopic (exact) mass is 289 g/mol. The van der Waals surface area contributed by atoms with Crippen LogP contribution in [-0.4, -0.2) is 25.0 Å². The van der Waals surface area contributed by atoms with Crippen molar-refractivity contribution < 1.29 is 9.59 Å². The van der Waals surface area contributed by atoms with Crippen LogP contribution in [0.1, 0.15) is 37.8 Å². The van der Waals surface area contributed by atoms with Crippen molar-refractivity contribution in [1.82, 2.24) is 16.0 Å². The molecule has 1 atom stereocenters. The molecule has 1 aromatic rings. The molecule has 1 aliphatic rings. The number of imide groups is 1. The van der Waals surface area contributed by atoms with Gasteiger partial charge in [0.15, 0.2) is 0 Å². The van der Waals surface area contributed by atoms with Crippen molar-refractivity contribution in [2.75, 3.05) is 13.1 Å². The molecule has 0 radical (unpaired) electrons. The van der Waals surface area contributed by atoms with E-state index < -0.39 is 6.03 Å². The smallest absolute Gasteiger partial charge is 0.321 e. The van der Waals surface area contributed by atoms with Crippen molar-refractivity contribution in [1.29, 1.82) is 0 Å². The predicted octanol–water partition coefficient (Wildman–Crippen LogP) is 1.96. The van der Waals surface area contributed by atoms with Gasteiger partial charge in [0.05, 0.1) is 6.54 Å². The first-order valence-electron chi connectivity index (χ1n) is 7.56. The second-order valence-electron chi connectivity index (χ2n) is 5.37. The zero-order valence-corrected chi connectivity index (χ0v) is 12.4. The SMILES string of the molecule is CCNC(=O)NC(=O)CN[C@H](c1ccccc1)C1CCC1. The van der Waals surface area contributed by atoms with Gasteiger partial charge in [0, 0.05) is 12.6 Å². The molecular weight excluding hydrogens is 266 g/mol. The summed E-state index contributed by atoms with van der Waals surface area (Å²) < 4.78 is 0. The third-order valence-electron chi connectivity index (χ3n) is 3.85. The number of urea groups is 1. The van der Waals surface area contributed by atoms with Gasteiger partial charge in [-0.15, -0.1) is 0 Å². The van der Waals surface area contributed by atoms with Gasteiger partial charge in [0.25, 0.3) is 0 Å². The Bertz CT molecular complexity index is 472. The van der Waals surface area contributed by atoms with Gasteiger partial charge in [-0.1, -0.05) is 36.8 Å². The molecule has 3 N–H and O–H groups in total. The molecule has 2 rings (SSSR count). The molecule has 21 heavy (non-hydrogen) atoms. The predicted molar refractivity (Wildman–Crippen MR) is 81.7 cm³/mol. The third kappa shape index (κ3) is 4.56. The quantitative estimate of drug-likeness (QED) is 0.750. The summed E-state index contributed by atoms with van der Waals surface area (Å²) in [6.07, 6.45) is 3.62. The van der Waals surface area contributed by atoms with E-state index in [1.54, 1.807) is 0 Å². The summed E-state index contributed by atoms with van der Waals surface area (Å²) in [7, 11) is 0. The fourth-order valence-electron chi connectivity index (χ4n) is 2.57. The maximum Gasteiger partial charge on any atom is 0.321 e. The van der Waals surface area contributed by atoms with Crippen LogP contribution in [-0.2, 0) is 4.79 Å². The summed E-state index contributed by atoms with van der Waals surface area (Å²) in [5.74, 6) is 0.269. The van der Waals surface area contributed by atoms with Gasteiger partial charge in [-0.3, -0.25) is 10.1 Å². The number of carbonyl (C=O) groups excluding carboxylic acids is 2. The molecule has 0 spiro atoms. The normalized spacial score (nSPS) is 15.9. The average Bonchev–Trinajstić information content (AvgIpc) is 2.42. The molecule has 1 fully saturated rings. The van der Waals surface area contributed by atoms with Crippen LogP contribution in [0.15, 0.2) is 30.3 Å². The van der Waals surface area contributed by atoms with E-state index in [4.69, 9.17) is 0 Å². The Morgan fingerprint density at radius 2 is 1.95 bits per heavy atom. The number of carbonyl (C=O) groups is 2. The zero-order valence-electron chi connectivity index (χ0n) is 12.4. The summed E-state index contributed by atoms with van der Waals surface area (Å²) in [6, 6.07) is 9.91. The second kappa shape index (κ2) is 7.78. The Labute approximate surface area is 125 Å². The van der Waals surface area contributed by atoms with E-state index in [1.807, 2.05) is 25.1 Å². The van der Waals surface area contributed by atoms with Gasteiger partial charge < -0.3 is 10.6 Å². The molecule has 0 unspecified atom stereocenters. The first kappa shape index (κ1) is 15.5. The number of amides is 3. The first-order valence-corrected chi connectivity index (χ1v) is 7.56. The average molecular weight is 289 g/mol. The lowest BCUT2D eigenvalue weighted by molar-refractivity contribution is -0.119. The standard InChI is InChI=1S/C16H23N3O2/c1-2-17-16(21)19-14(20)11-18-15(13-9-6-10-13)12-7-4-3-5-8-12/h3-5,7-8,13,15,18H,2,6,9-11H2,1H3,(H2,17,19,20,21)/t15-/m1/s1. The Hall–Kier alpha value is -1.88. The Kier molecular flexibility index (Phi) is 5.75. The Morgan fingerprint density at radius 1 is 1.24 bits per heavy atom. The highest BCUT2D eigenvalue weighted by atomic mass is 16.2. The highest BCUT2D eigenvalue weighted by Gasteiger charge is 2.28. The molecular formula is C16H23N3O2. The molecule has 0 aromatic heterocycles.